The Kier molecular flexibility index (Phi) is 8.22. The fourth-order valence-corrected chi connectivity index (χ4v) is 6.85. The van der Waals surface area contributed by atoms with E-state index < -0.39 is 23.4 Å². The molecule has 1 N–H and O–H groups in total. The number of likely N-dealkylation sites (tertiary alicyclic amines) is 1. The van der Waals surface area contributed by atoms with E-state index in [1.54, 1.807) is 4.90 Å². The van der Waals surface area contributed by atoms with Gasteiger partial charge in [0.15, 0.2) is 16.8 Å². The van der Waals surface area contributed by atoms with Crippen LogP contribution < -0.4 is 10.2 Å². The van der Waals surface area contributed by atoms with Crippen LogP contribution in [0.3, 0.4) is 0 Å². The van der Waals surface area contributed by atoms with E-state index in [0.29, 0.717) is 50.1 Å². The molecule has 6 rings (SSSR count). The van der Waals surface area contributed by atoms with Gasteiger partial charge >= 0.3 is 12.1 Å². The molecule has 2 aromatic heterocycles. The fraction of sp³-hybridized carbons (Fsp3) is 0.500. The zero-order valence-corrected chi connectivity index (χ0v) is 24.1. The fourth-order valence-electron chi connectivity index (χ4n) is 5.84. The Hall–Kier alpha value is -3.43. The summed E-state index contributed by atoms with van der Waals surface area (Å²) in [5.41, 5.74) is -0.921. The van der Waals surface area contributed by atoms with Gasteiger partial charge in [0.05, 0.1) is 23.7 Å². The number of hydrogen-bond donors (Lipinski definition) is 1. The molecule has 0 unspecified atom stereocenters. The summed E-state index contributed by atoms with van der Waals surface area (Å²) >= 11 is 1.16. The van der Waals surface area contributed by atoms with Crippen LogP contribution in [-0.2, 0) is 22.3 Å². The number of aromatic nitrogens is 3. The number of ether oxygens (including phenoxy) is 1. The summed E-state index contributed by atoms with van der Waals surface area (Å²) < 4.78 is 76.0. The summed E-state index contributed by atoms with van der Waals surface area (Å²) in [6, 6.07) is 2.53. The molecule has 3 aliphatic heterocycles. The molecule has 3 aliphatic rings. The summed E-state index contributed by atoms with van der Waals surface area (Å²) in [6.45, 7) is 5.58. The second-order valence-electron chi connectivity index (χ2n) is 11.0. The number of alkyl halides is 3. The molecule has 3 saturated heterocycles. The zero-order valence-electron chi connectivity index (χ0n) is 23.3. The first kappa shape index (κ1) is 29.6. The van der Waals surface area contributed by atoms with Crippen LogP contribution in [0.25, 0.3) is 11.3 Å². The number of nitrogens with one attached hydrogen (secondary N) is 1. The van der Waals surface area contributed by atoms with Crippen molar-refractivity contribution in [3.05, 3.63) is 46.6 Å². The minimum Gasteiger partial charge on any atom is -0.464 e. The Morgan fingerprint density at radius 2 is 1.95 bits per heavy atom. The molecule has 1 aromatic carbocycles. The number of hydrogen-bond acceptors (Lipinski definition) is 10. The molecule has 0 aliphatic carbocycles. The van der Waals surface area contributed by atoms with Crippen LogP contribution >= 0.6 is 11.3 Å². The van der Waals surface area contributed by atoms with Gasteiger partial charge in [0, 0.05) is 49.2 Å². The Morgan fingerprint density at radius 3 is 2.72 bits per heavy atom. The van der Waals surface area contributed by atoms with E-state index in [1.807, 2.05) is 0 Å². The monoisotopic (exact) mass is 623 g/mol. The summed E-state index contributed by atoms with van der Waals surface area (Å²) in [6.07, 6.45) is -1.21. The van der Waals surface area contributed by atoms with E-state index in [9.17, 15) is 22.4 Å². The predicted octanol–water partition coefficient (Wildman–Crippen LogP) is 5.06. The van der Waals surface area contributed by atoms with E-state index >= 15 is 4.39 Å². The zero-order chi connectivity index (χ0) is 30.3. The van der Waals surface area contributed by atoms with E-state index in [1.165, 1.54) is 6.33 Å². The highest BCUT2D eigenvalue weighted by atomic mass is 32.1. The van der Waals surface area contributed by atoms with Crippen molar-refractivity contribution >= 4 is 34.1 Å². The van der Waals surface area contributed by atoms with Crippen molar-refractivity contribution in [3.8, 4) is 11.3 Å². The van der Waals surface area contributed by atoms with Gasteiger partial charge in [-0.05, 0) is 44.5 Å². The van der Waals surface area contributed by atoms with Crippen molar-refractivity contribution in [3.63, 3.8) is 0 Å². The van der Waals surface area contributed by atoms with Gasteiger partial charge in [0.25, 0.3) is 0 Å². The maximum atomic E-state index is 15.8. The SMILES string of the molecule is C[C@@H]1CCCN1Cc1sc(Nc2ncnc(N3CCN4CCC(=O)OC[C@H]4C3)c2F)nc1-c1cc(F)cc(C(F)(F)F)c1. The molecule has 2 atom stereocenters. The molecule has 0 saturated carbocycles. The number of carbonyl (C=O) groups excluding carboxylic acids is 1. The summed E-state index contributed by atoms with van der Waals surface area (Å²) in [4.78, 5) is 31.2. The van der Waals surface area contributed by atoms with Gasteiger partial charge in [-0.3, -0.25) is 14.6 Å². The van der Waals surface area contributed by atoms with Gasteiger partial charge in [-0.15, -0.1) is 0 Å². The number of cyclic esters (lactones) is 1. The number of carbonyl (C=O) groups is 1. The highest BCUT2D eigenvalue weighted by molar-refractivity contribution is 7.16. The molecule has 0 amide bonds. The summed E-state index contributed by atoms with van der Waals surface area (Å²) in [5.74, 6) is -2.05. The average Bonchev–Trinajstić information content (AvgIpc) is 3.50. The van der Waals surface area contributed by atoms with Crippen LogP contribution in [0.5, 0.6) is 0 Å². The predicted molar refractivity (Wildman–Crippen MR) is 150 cm³/mol. The molecule has 0 radical (unpaired) electrons. The number of piperazine rings is 1. The van der Waals surface area contributed by atoms with Crippen molar-refractivity contribution in [1.82, 2.24) is 24.8 Å². The first-order chi connectivity index (χ1) is 20.5. The Morgan fingerprint density at radius 1 is 1.12 bits per heavy atom. The molecule has 0 bridgehead atoms. The number of fused-ring (bicyclic) bond motifs is 1. The first-order valence-electron chi connectivity index (χ1n) is 14.1. The van der Waals surface area contributed by atoms with Crippen molar-refractivity contribution in [2.45, 2.75) is 51.0 Å². The van der Waals surface area contributed by atoms with Gasteiger partial charge in [-0.1, -0.05) is 11.3 Å². The molecule has 0 spiro atoms. The van der Waals surface area contributed by atoms with E-state index in [0.717, 1.165) is 42.9 Å². The number of benzene rings is 1. The topological polar surface area (TPSA) is 86.7 Å². The Bertz CT molecular complexity index is 1500. The number of anilines is 3. The van der Waals surface area contributed by atoms with Crippen LogP contribution in [0.2, 0.25) is 0 Å². The molecule has 230 valence electrons. The van der Waals surface area contributed by atoms with E-state index in [4.69, 9.17) is 4.74 Å². The van der Waals surface area contributed by atoms with Gasteiger partial charge in [0.2, 0.25) is 5.82 Å². The van der Waals surface area contributed by atoms with Crippen molar-refractivity contribution in [2.75, 3.05) is 49.5 Å². The van der Waals surface area contributed by atoms with Gasteiger partial charge in [-0.25, -0.2) is 19.3 Å². The number of nitrogens with zero attached hydrogens (tertiary/aromatic N) is 6. The lowest BCUT2D eigenvalue weighted by atomic mass is 10.1. The summed E-state index contributed by atoms with van der Waals surface area (Å²) in [7, 11) is 0. The Balaban J connectivity index is 1.29. The largest absolute Gasteiger partial charge is 0.464 e. The lowest BCUT2D eigenvalue weighted by molar-refractivity contribution is -0.142. The van der Waals surface area contributed by atoms with Crippen LogP contribution in [0.4, 0.5) is 38.7 Å². The standard InChI is InChI=1S/C28H30F5N7O2S/c1-16-3-2-5-39(16)13-21-24(17-9-18(28(31,32)33)11-19(29)10-17)36-27(43-21)37-25-23(30)26(35-15-34-25)40-8-7-38-6-4-22(41)42-14-20(38)12-40/h9-11,15-16,20H,2-8,12-14H2,1H3,(H,34,35,36,37)/t16-,20-/m1/s1. The third kappa shape index (κ3) is 6.43. The molecular formula is C28H30F5N7O2S. The second kappa shape index (κ2) is 11.9. The highest BCUT2D eigenvalue weighted by Gasteiger charge is 2.34. The average molecular weight is 624 g/mol. The molecular weight excluding hydrogens is 593 g/mol. The number of halogens is 5. The quantitative estimate of drug-likeness (QED) is 0.299. The van der Waals surface area contributed by atoms with Crippen LogP contribution in [0, 0.1) is 11.6 Å². The summed E-state index contributed by atoms with van der Waals surface area (Å²) in [5, 5.41) is 3.10. The minimum absolute atomic E-state index is 0.00991. The first-order valence-corrected chi connectivity index (χ1v) is 14.9. The number of thiazole rings is 1. The van der Waals surface area contributed by atoms with Crippen molar-refractivity contribution in [1.29, 1.82) is 0 Å². The van der Waals surface area contributed by atoms with Crippen molar-refractivity contribution < 1.29 is 31.5 Å². The van der Waals surface area contributed by atoms with Crippen LogP contribution in [0.15, 0.2) is 24.5 Å². The van der Waals surface area contributed by atoms with Gasteiger partial charge in [0.1, 0.15) is 18.8 Å². The third-order valence-electron chi connectivity index (χ3n) is 8.17. The maximum Gasteiger partial charge on any atom is 0.416 e. The van der Waals surface area contributed by atoms with Gasteiger partial charge in [-0.2, -0.15) is 17.6 Å². The van der Waals surface area contributed by atoms with E-state index in [2.05, 4.69) is 37.0 Å². The number of esters is 1. The van der Waals surface area contributed by atoms with Crippen LogP contribution in [0.1, 0.15) is 36.6 Å². The Labute approximate surface area is 248 Å². The molecule has 3 aromatic rings. The molecule has 3 fully saturated rings. The number of rotatable bonds is 6. The van der Waals surface area contributed by atoms with Gasteiger partial charge < -0.3 is 15.0 Å². The lowest BCUT2D eigenvalue weighted by Gasteiger charge is -2.40. The molecule has 5 heterocycles. The lowest BCUT2D eigenvalue weighted by Crippen LogP contribution is -2.54. The highest BCUT2D eigenvalue weighted by Crippen LogP contribution is 2.39. The molecule has 15 heteroatoms. The smallest absolute Gasteiger partial charge is 0.416 e. The van der Waals surface area contributed by atoms with Crippen LogP contribution in [-0.4, -0.2) is 82.1 Å². The minimum atomic E-state index is -4.73. The second-order valence-corrected chi connectivity index (χ2v) is 12.1. The molecule has 9 nitrogen and oxygen atoms in total. The maximum absolute atomic E-state index is 15.8. The molecule has 43 heavy (non-hydrogen) atoms. The van der Waals surface area contributed by atoms with Crippen molar-refractivity contribution in [2.24, 2.45) is 0 Å². The normalized spacial score (nSPS) is 21.9. The van der Waals surface area contributed by atoms with E-state index in [-0.39, 0.29) is 52.7 Å². The third-order valence-corrected chi connectivity index (χ3v) is 9.13.